The molecule has 7 rings (SSSR count). The molecule has 41 heavy (non-hydrogen) atoms. The Kier molecular flexibility index (Phi) is 7.25. The molecule has 7 nitrogen and oxygen atoms in total. The highest BCUT2D eigenvalue weighted by Crippen LogP contribution is 2.62. The summed E-state index contributed by atoms with van der Waals surface area (Å²) in [5.41, 5.74) is 3.25. The summed E-state index contributed by atoms with van der Waals surface area (Å²) in [6, 6.07) is 11.1. The van der Waals surface area contributed by atoms with E-state index in [0.29, 0.717) is 72.0 Å². The van der Waals surface area contributed by atoms with Crippen LogP contribution in [0.15, 0.2) is 36.4 Å². The van der Waals surface area contributed by atoms with Gasteiger partial charge in [-0.1, -0.05) is 26.8 Å². The van der Waals surface area contributed by atoms with E-state index < -0.39 is 0 Å². The third-order valence-corrected chi connectivity index (χ3v) is 10.9. The molecule has 0 spiro atoms. The molecule has 3 amide bonds. The van der Waals surface area contributed by atoms with Crippen molar-refractivity contribution in [3.05, 3.63) is 58.9 Å². The maximum Gasteiger partial charge on any atom is 0.321 e. The van der Waals surface area contributed by atoms with Crippen molar-refractivity contribution in [1.82, 2.24) is 14.7 Å². The molecule has 2 bridgehead atoms. The number of ether oxygens (including phenoxy) is 1. The van der Waals surface area contributed by atoms with Gasteiger partial charge in [-0.2, -0.15) is 0 Å². The first kappa shape index (κ1) is 28.0. The van der Waals surface area contributed by atoms with E-state index in [4.69, 9.17) is 4.74 Å². The van der Waals surface area contributed by atoms with Gasteiger partial charge in [0.25, 0.3) is 5.91 Å². The van der Waals surface area contributed by atoms with Crippen molar-refractivity contribution in [2.45, 2.75) is 65.6 Å². The highest BCUT2D eigenvalue weighted by Gasteiger charge is 2.57. The zero-order chi connectivity index (χ0) is 29.1. The summed E-state index contributed by atoms with van der Waals surface area (Å²) >= 11 is 0. The Morgan fingerprint density at radius 1 is 1.12 bits per heavy atom. The zero-order valence-electron chi connectivity index (χ0n) is 25.0. The molecule has 0 aromatic heterocycles. The topological polar surface area (TPSA) is 65.1 Å². The fourth-order valence-corrected chi connectivity index (χ4v) is 8.16. The van der Waals surface area contributed by atoms with Crippen molar-refractivity contribution in [2.24, 2.45) is 23.2 Å². The van der Waals surface area contributed by atoms with Gasteiger partial charge in [-0.15, -0.1) is 0 Å². The highest BCUT2D eigenvalue weighted by atomic mass is 19.1. The minimum atomic E-state index is -0.331. The summed E-state index contributed by atoms with van der Waals surface area (Å²) in [5.74, 6) is 2.42. The minimum Gasteiger partial charge on any atom is -0.497 e. The number of benzene rings is 2. The SMILES string of the molecule is COc1ccc(CCN2Cc3cc(NC(=O)N4CCN([C@H]5C[C@H]6C[C@@H]([C@@H]5C)C6(C)C)[C@@H](C)C4)ccc3C2=O)c(F)c1. The molecule has 0 radical (unpaired) electrons. The normalized spacial score (nSPS) is 28.7. The van der Waals surface area contributed by atoms with Crippen LogP contribution in [-0.2, 0) is 13.0 Å². The number of hydrogen-bond acceptors (Lipinski definition) is 4. The molecule has 0 unspecified atom stereocenters. The molecule has 5 atom stereocenters. The molecule has 1 N–H and O–H groups in total. The predicted molar refractivity (Wildman–Crippen MR) is 158 cm³/mol. The van der Waals surface area contributed by atoms with Crippen LogP contribution in [0.2, 0.25) is 0 Å². The van der Waals surface area contributed by atoms with Crippen LogP contribution in [0.1, 0.15) is 62.0 Å². The number of nitrogens with zero attached hydrogens (tertiary/aromatic N) is 3. The predicted octanol–water partition coefficient (Wildman–Crippen LogP) is 5.64. The number of piperazine rings is 1. The average molecular weight is 563 g/mol. The van der Waals surface area contributed by atoms with E-state index in [-0.39, 0.29) is 17.8 Å². The van der Waals surface area contributed by atoms with Gasteiger partial charge < -0.3 is 19.9 Å². The maximum atomic E-state index is 14.4. The Labute approximate surface area is 243 Å². The molecule has 8 heteroatoms. The van der Waals surface area contributed by atoms with Crippen molar-refractivity contribution in [3.63, 3.8) is 0 Å². The Morgan fingerprint density at radius 2 is 1.93 bits per heavy atom. The second-order valence-electron chi connectivity index (χ2n) is 13.3. The van der Waals surface area contributed by atoms with E-state index in [1.165, 1.54) is 26.0 Å². The van der Waals surface area contributed by atoms with E-state index >= 15 is 0 Å². The molecule has 3 aliphatic carbocycles. The third kappa shape index (κ3) is 4.98. The van der Waals surface area contributed by atoms with Gasteiger partial charge in [-0.05, 0) is 84.7 Å². The summed E-state index contributed by atoms with van der Waals surface area (Å²) in [7, 11) is 1.51. The summed E-state index contributed by atoms with van der Waals surface area (Å²) in [6.45, 7) is 12.8. The fourth-order valence-electron chi connectivity index (χ4n) is 8.16. The molecule has 2 aromatic carbocycles. The first-order valence-electron chi connectivity index (χ1n) is 15.1. The van der Waals surface area contributed by atoms with Crippen LogP contribution in [0.3, 0.4) is 0 Å². The van der Waals surface area contributed by atoms with Gasteiger partial charge in [0.2, 0.25) is 0 Å². The van der Waals surface area contributed by atoms with E-state index in [2.05, 4.69) is 37.9 Å². The largest absolute Gasteiger partial charge is 0.497 e. The number of rotatable bonds is 6. The summed E-state index contributed by atoms with van der Waals surface area (Å²) in [6.07, 6.45) is 3.08. The maximum absolute atomic E-state index is 14.4. The van der Waals surface area contributed by atoms with Gasteiger partial charge in [-0.3, -0.25) is 9.69 Å². The Hall–Kier alpha value is -3.13. The van der Waals surface area contributed by atoms with Crippen LogP contribution in [0.25, 0.3) is 0 Å². The number of fused-ring (bicyclic) bond motifs is 3. The van der Waals surface area contributed by atoms with Gasteiger partial charge >= 0.3 is 6.03 Å². The molecular formula is C33H43FN4O3. The van der Waals surface area contributed by atoms with Gasteiger partial charge in [0, 0.05) is 62.1 Å². The van der Waals surface area contributed by atoms with E-state index in [1.54, 1.807) is 29.2 Å². The van der Waals surface area contributed by atoms with Gasteiger partial charge in [0.15, 0.2) is 0 Å². The molecule has 4 fully saturated rings. The van der Waals surface area contributed by atoms with Crippen LogP contribution in [-0.4, -0.2) is 72.0 Å². The average Bonchev–Trinajstić information content (AvgIpc) is 3.26. The Morgan fingerprint density at radius 3 is 2.61 bits per heavy atom. The molecule has 1 saturated heterocycles. The lowest BCUT2D eigenvalue weighted by molar-refractivity contribution is -0.148. The molecule has 5 aliphatic rings. The van der Waals surface area contributed by atoms with Crippen LogP contribution in [0.4, 0.5) is 14.9 Å². The molecule has 2 heterocycles. The summed E-state index contributed by atoms with van der Waals surface area (Å²) in [5, 5.41) is 3.07. The number of carbonyl (C=O) groups is 2. The van der Waals surface area contributed by atoms with E-state index in [9.17, 15) is 14.0 Å². The molecule has 2 aliphatic heterocycles. The van der Waals surface area contributed by atoms with Gasteiger partial charge in [-0.25, -0.2) is 9.18 Å². The number of urea groups is 1. The number of amides is 3. The van der Waals surface area contributed by atoms with Crippen molar-refractivity contribution < 1.29 is 18.7 Å². The standard InChI is InChI=1S/C33H43FN4O3/c1-20-18-37(12-13-38(20)30-16-24-15-28(21(30)2)33(24,3)4)32(40)35-25-7-9-27-23(14-25)19-36(31(27)39)11-10-22-6-8-26(41-5)17-29(22)34/h6-9,14,17,20-21,24,28,30H,10-13,15-16,18-19H2,1-5H3,(H,35,40)/t20-,21-,24+,28-,30-/m0/s1. The number of methoxy groups -OCH3 is 1. The number of anilines is 1. The lowest BCUT2D eigenvalue weighted by Gasteiger charge is -2.64. The van der Waals surface area contributed by atoms with Crippen molar-refractivity contribution >= 4 is 17.6 Å². The Bertz CT molecular complexity index is 1350. The molecule has 2 aromatic rings. The molecule has 3 saturated carbocycles. The first-order chi connectivity index (χ1) is 19.6. The number of nitrogens with one attached hydrogen (secondary N) is 1. The number of hydrogen-bond donors (Lipinski definition) is 1. The van der Waals surface area contributed by atoms with Crippen LogP contribution in [0, 0.1) is 29.0 Å². The van der Waals surface area contributed by atoms with E-state index in [1.807, 2.05) is 11.0 Å². The van der Waals surface area contributed by atoms with Crippen molar-refractivity contribution in [3.8, 4) is 5.75 Å². The minimum absolute atomic E-state index is 0.0605. The summed E-state index contributed by atoms with van der Waals surface area (Å²) in [4.78, 5) is 32.5. The van der Waals surface area contributed by atoms with Crippen molar-refractivity contribution in [1.29, 1.82) is 0 Å². The smallest absolute Gasteiger partial charge is 0.321 e. The number of carbonyl (C=O) groups excluding carboxylic acids is 2. The molecular weight excluding hydrogens is 519 g/mol. The monoisotopic (exact) mass is 562 g/mol. The number of halogens is 1. The molecule has 220 valence electrons. The first-order valence-corrected chi connectivity index (χ1v) is 15.1. The summed E-state index contributed by atoms with van der Waals surface area (Å²) < 4.78 is 19.4. The van der Waals surface area contributed by atoms with Crippen LogP contribution >= 0.6 is 0 Å². The van der Waals surface area contributed by atoms with Crippen LogP contribution in [0.5, 0.6) is 5.75 Å². The second-order valence-corrected chi connectivity index (χ2v) is 13.3. The lowest BCUT2D eigenvalue weighted by atomic mass is 9.44. The lowest BCUT2D eigenvalue weighted by Crippen LogP contribution is -2.65. The zero-order valence-corrected chi connectivity index (χ0v) is 25.0. The fraction of sp³-hybridized carbons (Fsp3) is 0.576. The van der Waals surface area contributed by atoms with Crippen molar-refractivity contribution in [2.75, 3.05) is 38.6 Å². The second kappa shape index (κ2) is 10.6. The quantitative estimate of drug-likeness (QED) is 0.495. The third-order valence-electron chi connectivity index (χ3n) is 10.9. The van der Waals surface area contributed by atoms with Gasteiger partial charge in [0.1, 0.15) is 11.6 Å². The van der Waals surface area contributed by atoms with Gasteiger partial charge in [0.05, 0.1) is 7.11 Å². The van der Waals surface area contributed by atoms with E-state index in [0.717, 1.165) is 30.5 Å². The highest BCUT2D eigenvalue weighted by molar-refractivity contribution is 5.99. The van der Waals surface area contributed by atoms with Crippen LogP contribution < -0.4 is 10.1 Å². The Balaban J connectivity index is 1.03.